The predicted molar refractivity (Wildman–Crippen MR) is 133 cm³/mol. The molecule has 0 saturated carbocycles. The van der Waals surface area contributed by atoms with Crippen molar-refractivity contribution >= 4 is 11.7 Å². The minimum atomic E-state index is -0.305. The van der Waals surface area contributed by atoms with Crippen LogP contribution >= 0.6 is 0 Å². The molecule has 8 heteroatoms. The standard InChI is InChI=1S/C27H23FN6O/c28-23-5-2-20(3-6-23)1-4-22-17-24(7-8-25(22)21-9-11-29-12-10-21)32-27(35)31-13-15-33-18-26-30-14-16-34(26)19-33/h2-3,5-12,14,16-18,30H,13,15,19H2,(H2,31,32,35). The molecule has 2 aliphatic rings. The summed E-state index contributed by atoms with van der Waals surface area (Å²) in [6, 6.07) is 15.2. The van der Waals surface area contributed by atoms with Crippen LogP contribution in [0.15, 0.2) is 91.4 Å². The number of fused-ring (bicyclic) bond motifs is 1. The molecule has 2 amide bonds. The maximum atomic E-state index is 13.2. The van der Waals surface area contributed by atoms with Crippen LogP contribution in [0, 0.1) is 17.7 Å². The lowest BCUT2D eigenvalue weighted by atomic mass is 10.00. The highest BCUT2D eigenvalue weighted by atomic mass is 19.1. The molecule has 3 heterocycles. The van der Waals surface area contributed by atoms with Gasteiger partial charge in [-0.1, -0.05) is 17.9 Å². The lowest BCUT2D eigenvalue weighted by Gasteiger charge is -2.18. The Bertz CT molecular complexity index is 1340. The van der Waals surface area contributed by atoms with Crippen molar-refractivity contribution in [1.82, 2.24) is 25.4 Å². The first kappa shape index (κ1) is 22.0. The van der Waals surface area contributed by atoms with Crippen molar-refractivity contribution in [3.8, 4) is 23.0 Å². The average Bonchev–Trinajstić information content (AvgIpc) is 3.47. The van der Waals surface area contributed by atoms with Crippen molar-refractivity contribution < 1.29 is 9.18 Å². The zero-order chi connectivity index (χ0) is 24.0. The Labute approximate surface area is 203 Å². The number of hydrogen-bond donors (Lipinski definition) is 3. The lowest BCUT2D eigenvalue weighted by Crippen LogP contribution is -2.35. The van der Waals surface area contributed by atoms with E-state index in [1.165, 1.54) is 12.1 Å². The van der Waals surface area contributed by atoms with Crippen molar-refractivity contribution in [2.75, 3.05) is 25.1 Å². The van der Waals surface area contributed by atoms with Crippen LogP contribution in [0.3, 0.4) is 0 Å². The van der Waals surface area contributed by atoms with Gasteiger partial charge in [-0.2, -0.15) is 0 Å². The van der Waals surface area contributed by atoms with E-state index in [1.54, 1.807) is 24.5 Å². The zero-order valence-corrected chi connectivity index (χ0v) is 18.8. The molecule has 0 bridgehead atoms. The normalized spacial score (nSPS) is 13.5. The summed E-state index contributed by atoms with van der Waals surface area (Å²) in [5.41, 5.74) is 3.94. The summed E-state index contributed by atoms with van der Waals surface area (Å²) in [7, 11) is 0. The molecule has 0 atom stereocenters. The van der Waals surface area contributed by atoms with Gasteiger partial charge in [0.05, 0.1) is 6.67 Å². The number of pyridine rings is 1. The number of halogens is 1. The highest BCUT2D eigenvalue weighted by molar-refractivity contribution is 5.90. The molecule has 0 saturated heterocycles. The summed E-state index contributed by atoms with van der Waals surface area (Å²) >= 11 is 0. The molecular formula is C27H23FN6O. The largest absolute Gasteiger partial charge is 0.355 e. The number of urea groups is 1. The molecule has 5 rings (SSSR count). The van der Waals surface area contributed by atoms with E-state index in [0.717, 1.165) is 29.2 Å². The molecule has 3 N–H and O–H groups in total. The van der Waals surface area contributed by atoms with Gasteiger partial charge >= 0.3 is 6.03 Å². The molecule has 7 nitrogen and oxygen atoms in total. The third kappa shape index (κ3) is 5.42. The summed E-state index contributed by atoms with van der Waals surface area (Å²) in [5, 5.41) is 8.94. The van der Waals surface area contributed by atoms with Gasteiger partial charge < -0.3 is 25.8 Å². The number of carbonyl (C=O) groups is 1. The Hall–Kier alpha value is -4.77. The number of anilines is 1. The van der Waals surface area contributed by atoms with Crippen molar-refractivity contribution in [2.45, 2.75) is 0 Å². The van der Waals surface area contributed by atoms with Crippen LogP contribution in [0.5, 0.6) is 0 Å². The van der Waals surface area contributed by atoms with Crippen molar-refractivity contribution in [3.63, 3.8) is 0 Å². The van der Waals surface area contributed by atoms with Crippen molar-refractivity contribution in [1.29, 1.82) is 0 Å². The lowest BCUT2D eigenvalue weighted by molar-refractivity contribution is 0.249. The summed E-state index contributed by atoms with van der Waals surface area (Å²) in [4.78, 5) is 20.8. The second-order valence-corrected chi connectivity index (χ2v) is 8.03. The molecule has 0 unspecified atom stereocenters. The Morgan fingerprint density at radius 1 is 1.09 bits per heavy atom. The summed E-state index contributed by atoms with van der Waals surface area (Å²) in [6.07, 6.45) is 9.35. The first-order valence-electron chi connectivity index (χ1n) is 11.2. The quantitative estimate of drug-likeness (QED) is 0.498. The molecule has 1 aromatic heterocycles. The maximum absolute atomic E-state index is 13.2. The molecule has 0 aliphatic carbocycles. The van der Waals surface area contributed by atoms with Crippen LogP contribution in [-0.4, -0.2) is 40.6 Å². The van der Waals surface area contributed by atoms with E-state index in [9.17, 15) is 9.18 Å². The number of rotatable bonds is 5. The third-order valence-electron chi connectivity index (χ3n) is 5.57. The number of hydrogen-bond acceptors (Lipinski definition) is 5. The Balaban J connectivity index is 1.26. The number of carbonyl (C=O) groups excluding carboxylic acids is 1. The number of nitrogens with one attached hydrogen (secondary N) is 3. The third-order valence-corrected chi connectivity index (χ3v) is 5.57. The fraction of sp³-hybridized carbons (Fsp3) is 0.111. The van der Waals surface area contributed by atoms with Crippen molar-refractivity contribution in [3.05, 3.63) is 108 Å². The molecule has 174 valence electrons. The molecular weight excluding hydrogens is 443 g/mol. The second-order valence-electron chi connectivity index (χ2n) is 8.03. The molecule has 0 fully saturated rings. The molecule has 2 aliphatic heterocycles. The van der Waals surface area contributed by atoms with E-state index in [-0.39, 0.29) is 11.8 Å². The van der Waals surface area contributed by atoms with E-state index in [4.69, 9.17) is 0 Å². The van der Waals surface area contributed by atoms with Crippen LogP contribution < -0.4 is 16.0 Å². The van der Waals surface area contributed by atoms with E-state index < -0.39 is 0 Å². The van der Waals surface area contributed by atoms with Gasteiger partial charge in [0.2, 0.25) is 0 Å². The Morgan fingerprint density at radius 2 is 1.91 bits per heavy atom. The van der Waals surface area contributed by atoms with Gasteiger partial charge in [-0.05, 0) is 59.7 Å². The van der Waals surface area contributed by atoms with Gasteiger partial charge in [0.25, 0.3) is 0 Å². The molecule has 0 spiro atoms. The Kier molecular flexibility index (Phi) is 6.31. The van der Waals surface area contributed by atoms with E-state index in [2.05, 4.69) is 42.6 Å². The fourth-order valence-electron chi connectivity index (χ4n) is 3.82. The topological polar surface area (TPSA) is 72.5 Å². The molecule has 3 aromatic rings. The first-order valence-corrected chi connectivity index (χ1v) is 11.2. The number of nitrogens with zero attached hydrogens (tertiary/aromatic N) is 3. The number of amides is 2. The minimum absolute atomic E-state index is 0.288. The van der Waals surface area contributed by atoms with Gasteiger partial charge in [-0.15, -0.1) is 0 Å². The van der Waals surface area contributed by atoms with E-state index in [0.29, 0.717) is 24.3 Å². The van der Waals surface area contributed by atoms with Crippen LogP contribution in [-0.2, 0) is 0 Å². The van der Waals surface area contributed by atoms with Crippen LogP contribution in [0.25, 0.3) is 11.1 Å². The maximum Gasteiger partial charge on any atom is 0.319 e. The SMILES string of the molecule is O=C(NCCN1C=C2NC=CN2C1)Nc1ccc(-c2ccncc2)c(C#Cc2ccc(F)cc2)c1. The smallest absolute Gasteiger partial charge is 0.319 e. The summed E-state index contributed by atoms with van der Waals surface area (Å²) in [6.45, 7) is 1.95. The highest BCUT2D eigenvalue weighted by Gasteiger charge is 2.21. The molecule has 2 aromatic carbocycles. The van der Waals surface area contributed by atoms with Crippen LogP contribution in [0.1, 0.15) is 11.1 Å². The number of benzene rings is 2. The van der Waals surface area contributed by atoms with Gasteiger partial charge in [-0.25, -0.2) is 9.18 Å². The molecule has 0 radical (unpaired) electrons. The van der Waals surface area contributed by atoms with Crippen molar-refractivity contribution in [2.24, 2.45) is 0 Å². The molecule has 35 heavy (non-hydrogen) atoms. The minimum Gasteiger partial charge on any atom is -0.355 e. The summed E-state index contributed by atoms with van der Waals surface area (Å²) in [5.74, 6) is 6.98. The van der Waals surface area contributed by atoms with Crippen LogP contribution in [0.4, 0.5) is 14.9 Å². The first-order chi connectivity index (χ1) is 17.1. The zero-order valence-electron chi connectivity index (χ0n) is 18.8. The average molecular weight is 467 g/mol. The van der Waals surface area contributed by atoms with E-state index in [1.807, 2.05) is 48.9 Å². The fourth-order valence-corrected chi connectivity index (χ4v) is 3.82. The van der Waals surface area contributed by atoms with Crippen LogP contribution in [0.2, 0.25) is 0 Å². The second kappa shape index (κ2) is 10.0. The number of aromatic nitrogens is 1. The monoisotopic (exact) mass is 466 g/mol. The highest BCUT2D eigenvalue weighted by Crippen LogP contribution is 2.26. The van der Waals surface area contributed by atoms with E-state index >= 15 is 0 Å². The van der Waals surface area contributed by atoms with Gasteiger partial charge in [-0.3, -0.25) is 4.98 Å². The van der Waals surface area contributed by atoms with Gasteiger partial charge in [0.15, 0.2) is 0 Å². The predicted octanol–water partition coefficient (Wildman–Crippen LogP) is 3.86. The Morgan fingerprint density at radius 3 is 2.71 bits per heavy atom. The van der Waals surface area contributed by atoms with Gasteiger partial charge in [0.1, 0.15) is 11.6 Å². The van der Waals surface area contributed by atoms with Gasteiger partial charge in [0, 0.05) is 60.9 Å². The summed E-state index contributed by atoms with van der Waals surface area (Å²) < 4.78 is 13.2.